The summed E-state index contributed by atoms with van der Waals surface area (Å²) in [7, 11) is 0. The molecule has 0 spiro atoms. The molecule has 30 heavy (non-hydrogen) atoms. The molecular formula is C21H23ClN6OS. The average Bonchev–Trinajstić information content (AvgIpc) is 3.26. The van der Waals surface area contributed by atoms with Gasteiger partial charge in [0, 0.05) is 30.9 Å². The number of nitrogens with one attached hydrogen (secondary N) is 1. The van der Waals surface area contributed by atoms with Gasteiger partial charge in [0.25, 0.3) is 0 Å². The number of hydrogen-bond donors (Lipinski definition) is 1. The molecule has 1 aliphatic heterocycles. The number of aromatic nitrogens is 4. The largest absolute Gasteiger partial charge is 0.357 e. The number of carbonyl (C=O) groups excluding carboxylic acids is 1. The number of halogens is 1. The fourth-order valence-electron chi connectivity index (χ4n) is 3.34. The van der Waals surface area contributed by atoms with Crippen molar-refractivity contribution in [1.29, 1.82) is 0 Å². The second kappa shape index (κ2) is 9.95. The normalized spacial score (nSPS) is 14.0. The van der Waals surface area contributed by atoms with E-state index in [4.69, 9.17) is 11.6 Å². The third-order valence-electron chi connectivity index (χ3n) is 4.91. The Bertz CT molecular complexity index is 987. The molecule has 0 saturated carbocycles. The molecule has 4 rings (SSSR count). The van der Waals surface area contributed by atoms with E-state index in [9.17, 15) is 4.79 Å². The van der Waals surface area contributed by atoms with Crippen molar-refractivity contribution in [3.63, 3.8) is 0 Å². The van der Waals surface area contributed by atoms with Crippen LogP contribution in [-0.4, -0.2) is 44.5 Å². The van der Waals surface area contributed by atoms with E-state index in [0.717, 1.165) is 30.2 Å². The molecule has 0 unspecified atom stereocenters. The predicted octanol–water partition coefficient (Wildman–Crippen LogP) is 3.71. The van der Waals surface area contributed by atoms with Crippen molar-refractivity contribution in [2.75, 3.05) is 23.7 Å². The molecular weight excluding hydrogens is 420 g/mol. The van der Waals surface area contributed by atoms with Crippen molar-refractivity contribution in [2.45, 2.75) is 31.0 Å². The lowest BCUT2D eigenvalue weighted by Gasteiger charge is -2.27. The number of hydrogen-bond acceptors (Lipinski definition) is 6. The van der Waals surface area contributed by atoms with Gasteiger partial charge in [0.2, 0.25) is 5.91 Å². The van der Waals surface area contributed by atoms with Gasteiger partial charge in [-0.25, -0.2) is 4.98 Å². The van der Waals surface area contributed by atoms with Crippen molar-refractivity contribution in [2.24, 2.45) is 0 Å². The zero-order chi connectivity index (χ0) is 20.8. The number of rotatable bonds is 7. The maximum Gasteiger partial charge on any atom is 0.230 e. The first-order chi connectivity index (χ1) is 14.7. The summed E-state index contributed by atoms with van der Waals surface area (Å²) in [5.41, 5.74) is 1.84. The van der Waals surface area contributed by atoms with Crippen molar-refractivity contribution in [1.82, 2.24) is 25.1 Å². The van der Waals surface area contributed by atoms with Gasteiger partial charge in [0.1, 0.15) is 12.1 Å². The second-order valence-corrected chi connectivity index (χ2v) is 8.48. The summed E-state index contributed by atoms with van der Waals surface area (Å²) >= 11 is 7.39. The molecule has 1 fully saturated rings. The lowest BCUT2D eigenvalue weighted by Crippen LogP contribution is -2.30. The van der Waals surface area contributed by atoms with Crippen molar-refractivity contribution in [3.05, 3.63) is 59.5 Å². The fraction of sp³-hybridized carbons (Fsp3) is 0.333. The molecule has 0 atom stereocenters. The quantitative estimate of drug-likeness (QED) is 0.562. The first-order valence-electron chi connectivity index (χ1n) is 9.94. The van der Waals surface area contributed by atoms with E-state index in [1.807, 2.05) is 47.2 Å². The van der Waals surface area contributed by atoms with Crippen LogP contribution < -0.4 is 10.2 Å². The number of anilines is 1. The lowest BCUT2D eigenvalue weighted by molar-refractivity contribution is -0.118. The van der Waals surface area contributed by atoms with Crippen LogP contribution in [0.4, 0.5) is 5.82 Å². The highest BCUT2D eigenvalue weighted by atomic mass is 35.5. The zero-order valence-corrected chi connectivity index (χ0v) is 18.1. The number of carbonyl (C=O) groups is 1. The monoisotopic (exact) mass is 442 g/mol. The molecule has 9 heteroatoms. The Labute approximate surface area is 184 Å². The fourth-order valence-corrected chi connectivity index (χ4v) is 4.28. The first kappa shape index (κ1) is 20.7. The van der Waals surface area contributed by atoms with E-state index in [1.54, 1.807) is 6.33 Å². The van der Waals surface area contributed by atoms with Gasteiger partial charge in [0.05, 0.1) is 11.4 Å². The zero-order valence-electron chi connectivity index (χ0n) is 16.5. The topological polar surface area (TPSA) is 75.9 Å². The van der Waals surface area contributed by atoms with Gasteiger partial charge in [-0.2, -0.15) is 0 Å². The molecule has 3 aromatic rings. The molecule has 0 aliphatic carbocycles. The molecule has 3 heterocycles. The lowest BCUT2D eigenvalue weighted by atomic mass is 10.1. The number of amides is 1. The Balaban J connectivity index is 1.27. The molecule has 1 aromatic carbocycles. The van der Waals surface area contributed by atoms with Crippen LogP contribution >= 0.6 is 23.4 Å². The Hall–Kier alpha value is -2.58. The van der Waals surface area contributed by atoms with Crippen LogP contribution in [0.25, 0.3) is 5.69 Å². The number of piperidine rings is 1. The molecule has 1 amide bonds. The summed E-state index contributed by atoms with van der Waals surface area (Å²) < 4.78 is 1.81. The van der Waals surface area contributed by atoms with Crippen molar-refractivity contribution in [3.8, 4) is 5.69 Å². The van der Waals surface area contributed by atoms with Crippen LogP contribution in [-0.2, 0) is 11.3 Å². The summed E-state index contributed by atoms with van der Waals surface area (Å²) in [5.74, 6) is 1.19. The molecule has 1 aliphatic rings. The third-order valence-corrected chi connectivity index (χ3v) is 6.09. The molecule has 156 valence electrons. The maximum absolute atomic E-state index is 12.3. The van der Waals surface area contributed by atoms with E-state index in [1.165, 1.54) is 31.0 Å². The van der Waals surface area contributed by atoms with Crippen LogP contribution in [0.2, 0.25) is 5.02 Å². The van der Waals surface area contributed by atoms with Crippen LogP contribution in [0.15, 0.2) is 54.1 Å². The summed E-state index contributed by atoms with van der Waals surface area (Å²) in [6.07, 6.45) is 7.20. The van der Waals surface area contributed by atoms with E-state index in [0.29, 0.717) is 16.7 Å². The van der Waals surface area contributed by atoms with E-state index in [2.05, 4.69) is 25.4 Å². The molecule has 1 N–H and O–H groups in total. The highest BCUT2D eigenvalue weighted by Crippen LogP contribution is 2.21. The van der Waals surface area contributed by atoms with Gasteiger partial charge in [-0.05, 0) is 49.1 Å². The molecule has 7 nitrogen and oxygen atoms in total. The molecule has 0 radical (unpaired) electrons. The third kappa shape index (κ3) is 5.31. The van der Waals surface area contributed by atoms with E-state index >= 15 is 0 Å². The predicted molar refractivity (Wildman–Crippen MR) is 119 cm³/mol. The smallest absolute Gasteiger partial charge is 0.230 e. The van der Waals surface area contributed by atoms with Crippen molar-refractivity contribution < 1.29 is 4.79 Å². The second-order valence-electron chi connectivity index (χ2n) is 7.10. The van der Waals surface area contributed by atoms with Gasteiger partial charge in [0.15, 0.2) is 5.16 Å². The highest BCUT2D eigenvalue weighted by molar-refractivity contribution is 7.99. The van der Waals surface area contributed by atoms with Gasteiger partial charge in [-0.3, -0.25) is 9.36 Å². The van der Waals surface area contributed by atoms with Crippen LogP contribution in [0.3, 0.4) is 0 Å². The van der Waals surface area contributed by atoms with Crippen molar-refractivity contribution >= 4 is 35.1 Å². The minimum absolute atomic E-state index is 0.0687. The van der Waals surface area contributed by atoms with Gasteiger partial charge < -0.3 is 10.2 Å². The summed E-state index contributed by atoms with van der Waals surface area (Å²) in [6.45, 7) is 2.59. The van der Waals surface area contributed by atoms with E-state index in [-0.39, 0.29) is 11.7 Å². The standard InChI is InChI=1S/C21H23ClN6OS/c22-17-5-4-6-18(11-17)28-15-25-26-21(28)30-14-20(29)24-13-16-7-8-19(23-12-16)27-9-2-1-3-10-27/h4-8,11-12,15H,1-3,9-10,13-14H2,(H,24,29). The summed E-state index contributed by atoms with van der Waals surface area (Å²) in [5, 5.41) is 12.3. The number of benzene rings is 1. The number of pyridine rings is 1. The Kier molecular flexibility index (Phi) is 6.86. The number of nitrogens with zero attached hydrogens (tertiary/aromatic N) is 5. The van der Waals surface area contributed by atoms with Crippen LogP contribution in [0.1, 0.15) is 24.8 Å². The molecule has 0 bridgehead atoms. The van der Waals surface area contributed by atoms with Gasteiger partial charge in [-0.1, -0.05) is 35.5 Å². The average molecular weight is 443 g/mol. The summed E-state index contributed by atoms with van der Waals surface area (Å²) in [6, 6.07) is 11.5. The van der Waals surface area contributed by atoms with Gasteiger partial charge in [-0.15, -0.1) is 10.2 Å². The maximum atomic E-state index is 12.3. The van der Waals surface area contributed by atoms with Crippen LogP contribution in [0, 0.1) is 0 Å². The number of thioether (sulfide) groups is 1. The van der Waals surface area contributed by atoms with E-state index < -0.39 is 0 Å². The first-order valence-corrected chi connectivity index (χ1v) is 11.3. The molecule has 1 saturated heterocycles. The highest BCUT2D eigenvalue weighted by Gasteiger charge is 2.13. The Morgan fingerprint density at radius 3 is 2.80 bits per heavy atom. The van der Waals surface area contributed by atoms with Gasteiger partial charge >= 0.3 is 0 Å². The Morgan fingerprint density at radius 2 is 2.03 bits per heavy atom. The Morgan fingerprint density at radius 1 is 1.17 bits per heavy atom. The SMILES string of the molecule is O=C(CSc1nncn1-c1cccc(Cl)c1)NCc1ccc(N2CCCCC2)nc1. The minimum Gasteiger partial charge on any atom is -0.357 e. The van der Waals surface area contributed by atoms with Crippen LogP contribution in [0.5, 0.6) is 0 Å². The molecule has 2 aromatic heterocycles. The summed E-state index contributed by atoms with van der Waals surface area (Å²) in [4.78, 5) is 19.2. The minimum atomic E-state index is -0.0687.